The first-order valence-corrected chi connectivity index (χ1v) is 7.15. The van der Waals surface area contributed by atoms with Gasteiger partial charge in [0.25, 0.3) is 5.91 Å². The molecule has 1 heterocycles. The van der Waals surface area contributed by atoms with Crippen LogP contribution >= 0.6 is 0 Å². The van der Waals surface area contributed by atoms with Crippen LogP contribution in [0.2, 0.25) is 0 Å². The van der Waals surface area contributed by atoms with Crippen LogP contribution in [-0.2, 0) is 9.53 Å². The number of rotatable bonds is 3. The summed E-state index contributed by atoms with van der Waals surface area (Å²) < 4.78 is 18.8. The molecule has 5 heteroatoms. The molecule has 108 valence electrons. The van der Waals surface area contributed by atoms with Gasteiger partial charge in [-0.2, -0.15) is 0 Å². The lowest BCUT2D eigenvalue weighted by atomic mass is 9.93. The Kier molecular flexibility index (Phi) is 3.87. The number of carbonyl (C=O) groups excluding carboxylic acids is 1. The summed E-state index contributed by atoms with van der Waals surface area (Å²) in [5, 5.41) is 3.00. The zero-order valence-electron chi connectivity index (χ0n) is 11.3. The number of hydrogen-bond donors (Lipinski definition) is 1. The largest absolute Gasteiger partial charge is 0.366 e. The van der Waals surface area contributed by atoms with Crippen LogP contribution in [0.5, 0.6) is 0 Å². The maximum absolute atomic E-state index is 13.3. The molecule has 1 N–H and O–H groups in total. The summed E-state index contributed by atoms with van der Waals surface area (Å²) in [6, 6.07) is 6.77. The molecule has 1 saturated heterocycles. The summed E-state index contributed by atoms with van der Waals surface area (Å²) in [5.41, 5.74) is 0.801. The average Bonchev–Trinajstić information content (AvgIpc) is 2.43. The molecule has 1 aromatic rings. The van der Waals surface area contributed by atoms with Crippen LogP contribution in [0, 0.1) is 5.82 Å². The smallest absolute Gasteiger partial charge is 0.251 e. The lowest BCUT2D eigenvalue weighted by molar-refractivity contribution is -0.134. The van der Waals surface area contributed by atoms with E-state index < -0.39 is 6.10 Å². The molecule has 1 aliphatic heterocycles. The normalized spacial score (nSPS) is 23.2. The summed E-state index contributed by atoms with van der Waals surface area (Å²) in [5.74, 6) is -0.305. The fourth-order valence-electron chi connectivity index (χ4n) is 2.56. The highest BCUT2D eigenvalue weighted by Crippen LogP contribution is 2.21. The molecule has 2 aliphatic rings. The highest BCUT2D eigenvalue weighted by Gasteiger charge is 2.29. The summed E-state index contributed by atoms with van der Waals surface area (Å²) in [6.07, 6.45) is 2.84. The van der Waals surface area contributed by atoms with Crippen molar-refractivity contribution >= 4 is 11.6 Å². The number of amides is 1. The highest BCUT2D eigenvalue weighted by atomic mass is 19.1. The topological polar surface area (TPSA) is 41.6 Å². The second-order valence-electron chi connectivity index (χ2n) is 5.42. The lowest BCUT2D eigenvalue weighted by Crippen LogP contribution is -2.53. The first-order valence-electron chi connectivity index (χ1n) is 7.15. The van der Waals surface area contributed by atoms with Gasteiger partial charge >= 0.3 is 0 Å². The minimum Gasteiger partial charge on any atom is -0.366 e. The van der Waals surface area contributed by atoms with Gasteiger partial charge in [0.05, 0.1) is 13.2 Å². The van der Waals surface area contributed by atoms with E-state index in [0.29, 0.717) is 25.7 Å². The van der Waals surface area contributed by atoms with Crippen LogP contribution in [0.15, 0.2) is 24.3 Å². The number of anilines is 1. The fraction of sp³-hybridized carbons (Fsp3) is 0.533. The van der Waals surface area contributed by atoms with E-state index in [1.54, 1.807) is 6.07 Å². The highest BCUT2D eigenvalue weighted by molar-refractivity contribution is 5.82. The van der Waals surface area contributed by atoms with Crippen molar-refractivity contribution in [2.75, 3.05) is 24.6 Å². The molecule has 1 aliphatic carbocycles. The molecule has 0 radical (unpaired) electrons. The fourth-order valence-corrected chi connectivity index (χ4v) is 2.56. The van der Waals surface area contributed by atoms with Gasteiger partial charge in [-0.1, -0.05) is 6.07 Å². The summed E-state index contributed by atoms with van der Waals surface area (Å²) in [4.78, 5) is 14.1. The SMILES string of the molecule is O=C(NC1CCC1)C1CN(c2cccc(F)c2)CCO1. The van der Waals surface area contributed by atoms with Crippen LogP contribution < -0.4 is 10.2 Å². The Morgan fingerprint density at radius 1 is 1.40 bits per heavy atom. The minimum atomic E-state index is -0.465. The van der Waals surface area contributed by atoms with Gasteiger partial charge < -0.3 is 15.0 Å². The van der Waals surface area contributed by atoms with E-state index in [1.807, 2.05) is 11.0 Å². The maximum Gasteiger partial charge on any atom is 0.251 e. The third-order valence-corrected chi connectivity index (χ3v) is 3.98. The molecule has 0 bridgehead atoms. The van der Waals surface area contributed by atoms with Crippen LogP contribution in [0.1, 0.15) is 19.3 Å². The lowest BCUT2D eigenvalue weighted by Gasteiger charge is -2.35. The number of nitrogens with one attached hydrogen (secondary N) is 1. The molecular weight excluding hydrogens is 259 g/mol. The predicted octanol–water partition coefficient (Wildman–Crippen LogP) is 1.70. The van der Waals surface area contributed by atoms with Crippen molar-refractivity contribution in [1.29, 1.82) is 0 Å². The Bertz CT molecular complexity index is 491. The van der Waals surface area contributed by atoms with Gasteiger partial charge in [-0.25, -0.2) is 4.39 Å². The van der Waals surface area contributed by atoms with Crippen LogP contribution in [0.4, 0.5) is 10.1 Å². The van der Waals surface area contributed by atoms with Gasteiger partial charge in [0.2, 0.25) is 0 Å². The number of halogens is 1. The van der Waals surface area contributed by atoms with Crippen molar-refractivity contribution < 1.29 is 13.9 Å². The molecule has 1 amide bonds. The number of ether oxygens (including phenoxy) is 1. The quantitative estimate of drug-likeness (QED) is 0.915. The number of nitrogens with zero attached hydrogens (tertiary/aromatic N) is 1. The Balaban J connectivity index is 1.62. The molecule has 3 rings (SSSR count). The van der Waals surface area contributed by atoms with Crippen LogP contribution in [-0.4, -0.2) is 37.7 Å². The molecule has 20 heavy (non-hydrogen) atoms. The number of carbonyl (C=O) groups is 1. The maximum atomic E-state index is 13.3. The molecule has 1 aromatic carbocycles. The number of benzene rings is 1. The van der Waals surface area contributed by atoms with E-state index in [-0.39, 0.29) is 11.7 Å². The first kappa shape index (κ1) is 13.4. The van der Waals surface area contributed by atoms with Crippen molar-refractivity contribution in [3.05, 3.63) is 30.1 Å². The van der Waals surface area contributed by atoms with E-state index in [4.69, 9.17) is 4.74 Å². The number of hydrogen-bond acceptors (Lipinski definition) is 3. The minimum absolute atomic E-state index is 0.0456. The molecule has 2 fully saturated rings. The average molecular weight is 278 g/mol. The van der Waals surface area contributed by atoms with Crippen molar-refractivity contribution in [3.63, 3.8) is 0 Å². The van der Waals surface area contributed by atoms with Crippen molar-refractivity contribution in [2.24, 2.45) is 0 Å². The van der Waals surface area contributed by atoms with Crippen molar-refractivity contribution in [2.45, 2.75) is 31.4 Å². The second kappa shape index (κ2) is 5.79. The van der Waals surface area contributed by atoms with Gasteiger partial charge in [0.15, 0.2) is 6.10 Å². The standard InChI is InChI=1S/C15H19FN2O2/c16-11-3-1-6-13(9-11)18-7-8-20-14(10-18)15(19)17-12-4-2-5-12/h1,3,6,9,12,14H,2,4-5,7-8,10H2,(H,17,19). The third-order valence-electron chi connectivity index (χ3n) is 3.98. The Hall–Kier alpha value is -1.62. The van der Waals surface area contributed by atoms with Gasteiger partial charge in [0, 0.05) is 18.3 Å². The van der Waals surface area contributed by atoms with Crippen LogP contribution in [0.25, 0.3) is 0 Å². The Labute approximate surface area is 117 Å². The Morgan fingerprint density at radius 3 is 2.95 bits per heavy atom. The van der Waals surface area contributed by atoms with E-state index in [1.165, 1.54) is 18.6 Å². The molecule has 1 atom stereocenters. The summed E-state index contributed by atoms with van der Waals surface area (Å²) >= 11 is 0. The van der Waals surface area contributed by atoms with Crippen molar-refractivity contribution in [3.8, 4) is 0 Å². The first-order chi connectivity index (χ1) is 9.72. The monoisotopic (exact) mass is 278 g/mol. The van der Waals surface area contributed by atoms with Crippen molar-refractivity contribution in [1.82, 2.24) is 5.32 Å². The van der Waals surface area contributed by atoms with Gasteiger partial charge in [-0.15, -0.1) is 0 Å². The molecular formula is C15H19FN2O2. The third kappa shape index (κ3) is 2.93. The van der Waals surface area contributed by atoms with Gasteiger partial charge in [0.1, 0.15) is 5.82 Å². The van der Waals surface area contributed by atoms with Crippen LogP contribution in [0.3, 0.4) is 0 Å². The summed E-state index contributed by atoms with van der Waals surface area (Å²) in [7, 11) is 0. The van der Waals surface area contributed by atoms with E-state index in [0.717, 1.165) is 18.5 Å². The summed E-state index contributed by atoms with van der Waals surface area (Å²) in [6.45, 7) is 1.64. The van der Waals surface area contributed by atoms with E-state index in [2.05, 4.69) is 5.32 Å². The van der Waals surface area contributed by atoms with Gasteiger partial charge in [-0.05, 0) is 37.5 Å². The molecule has 0 aromatic heterocycles. The Morgan fingerprint density at radius 2 is 2.25 bits per heavy atom. The molecule has 1 unspecified atom stereocenters. The predicted molar refractivity (Wildman–Crippen MR) is 74.1 cm³/mol. The van der Waals surface area contributed by atoms with E-state index >= 15 is 0 Å². The van der Waals surface area contributed by atoms with E-state index in [9.17, 15) is 9.18 Å². The number of morpholine rings is 1. The zero-order chi connectivity index (χ0) is 13.9. The molecule has 1 saturated carbocycles. The second-order valence-corrected chi connectivity index (χ2v) is 5.42. The zero-order valence-corrected chi connectivity index (χ0v) is 11.3. The molecule has 0 spiro atoms. The molecule has 4 nitrogen and oxygen atoms in total. The van der Waals surface area contributed by atoms with Gasteiger partial charge in [-0.3, -0.25) is 4.79 Å².